The van der Waals surface area contributed by atoms with Gasteiger partial charge in [-0.05, 0) is 93.6 Å². The van der Waals surface area contributed by atoms with E-state index in [1.165, 1.54) is 5.57 Å². The monoisotopic (exact) mass is 408 g/mol. The third-order valence-corrected chi connectivity index (χ3v) is 9.36. The Labute approximate surface area is 180 Å². The Hall–Kier alpha value is -1.68. The molecule has 0 aromatic carbocycles. The highest BCUT2D eigenvalue weighted by Crippen LogP contribution is 2.64. The molecule has 1 aromatic heterocycles. The van der Waals surface area contributed by atoms with Crippen LogP contribution in [0.25, 0.3) is 6.08 Å². The number of Topliss-reactive ketones (excluding diaryl/α,β-unsaturated/α-hetero) is 1. The number of aliphatic hydroxyl groups excluding tert-OH is 1. The normalized spacial score (nSPS) is 42.0. The Morgan fingerprint density at radius 3 is 2.70 bits per heavy atom. The number of fused-ring (bicyclic) bond motifs is 5. The number of carbonyl (C=O) groups is 1. The average Bonchev–Trinajstić information content (AvgIpc) is 3.20. The van der Waals surface area contributed by atoms with Crippen LogP contribution in [0.4, 0.5) is 0 Å². The summed E-state index contributed by atoms with van der Waals surface area (Å²) in [4.78, 5) is 13.6. The second kappa shape index (κ2) is 6.91. The number of aliphatic hydroxyl groups is 1. The zero-order valence-corrected chi connectivity index (χ0v) is 18.9. The fraction of sp³-hybridized carbons (Fsp3) is 0.692. The summed E-state index contributed by atoms with van der Waals surface area (Å²) in [7, 11) is 0. The third-order valence-electron chi connectivity index (χ3n) is 9.36. The van der Waals surface area contributed by atoms with E-state index >= 15 is 0 Å². The molecule has 4 aliphatic carbocycles. The van der Waals surface area contributed by atoms with Gasteiger partial charge in [0, 0.05) is 23.7 Å². The van der Waals surface area contributed by atoms with Crippen LogP contribution in [0.5, 0.6) is 0 Å². The first-order valence-electron chi connectivity index (χ1n) is 11.9. The van der Waals surface area contributed by atoms with E-state index in [2.05, 4.69) is 44.2 Å². The van der Waals surface area contributed by atoms with Gasteiger partial charge in [0.05, 0.1) is 11.8 Å². The molecule has 5 rings (SSSR count). The molecule has 4 heteroatoms. The van der Waals surface area contributed by atoms with E-state index in [9.17, 15) is 9.90 Å². The SMILES string of the molecule is CCn1cc(/C=C2/C[C@H]3[C@@H]4CC=C5C[C@@H](O)CC[C@]5(C)[C@H]4CC[C@]3(C)C2=O)c(C)n1. The molecule has 3 saturated carbocycles. The molecule has 0 amide bonds. The van der Waals surface area contributed by atoms with Crippen LogP contribution in [0.2, 0.25) is 0 Å². The largest absolute Gasteiger partial charge is 0.393 e. The number of rotatable bonds is 2. The van der Waals surface area contributed by atoms with Crippen molar-refractivity contribution in [2.45, 2.75) is 85.3 Å². The summed E-state index contributed by atoms with van der Waals surface area (Å²) in [6.07, 6.45) is 13.5. The van der Waals surface area contributed by atoms with Crippen molar-refractivity contribution in [2.75, 3.05) is 0 Å². The highest BCUT2D eigenvalue weighted by molar-refractivity contribution is 6.06. The molecule has 0 unspecified atom stereocenters. The van der Waals surface area contributed by atoms with Crippen LogP contribution in [-0.4, -0.2) is 26.8 Å². The van der Waals surface area contributed by atoms with E-state index in [-0.39, 0.29) is 16.9 Å². The van der Waals surface area contributed by atoms with Crippen molar-refractivity contribution in [1.29, 1.82) is 0 Å². The lowest BCUT2D eigenvalue weighted by atomic mass is 9.48. The van der Waals surface area contributed by atoms with E-state index in [4.69, 9.17) is 0 Å². The zero-order valence-electron chi connectivity index (χ0n) is 18.9. The first-order chi connectivity index (χ1) is 14.3. The van der Waals surface area contributed by atoms with E-state index in [0.29, 0.717) is 23.5 Å². The van der Waals surface area contributed by atoms with Crippen molar-refractivity contribution in [3.63, 3.8) is 0 Å². The Morgan fingerprint density at radius 1 is 1.20 bits per heavy atom. The molecule has 3 fully saturated rings. The Bertz CT molecular complexity index is 941. The molecule has 0 aliphatic heterocycles. The lowest BCUT2D eigenvalue weighted by Gasteiger charge is -2.56. The van der Waals surface area contributed by atoms with E-state index in [0.717, 1.165) is 68.3 Å². The summed E-state index contributed by atoms with van der Waals surface area (Å²) in [5.74, 6) is 2.06. The van der Waals surface area contributed by atoms with Crippen molar-refractivity contribution in [3.8, 4) is 0 Å². The Morgan fingerprint density at radius 2 is 1.97 bits per heavy atom. The van der Waals surface area contributed by atoms with E-state index < -0.39 is 0 Å². The maximum atomic E-state index is 13.6. The van der Waals surface area contributed by atoms with Gasteiger partial charge in [-0.3, -0.25) is 9.48 Å². The second-order valence-corrected chi connectivity index (χ2v) is 10.8. The minimum atomic E-state index is -0.211. The Balaban J connectivity index is 1.48. The molecule has 30 heavy (non-hydrogen) atoms. The molecule has 0 radical (unpaired) electrons. The van der Waals surface area contributed by atoms with Crippen molar-refractivity contribution in [3.05, 3.63) is 34.7 Å². The van der Waals surface area contributed by atoms with Crippen LogP contribution in [0.3, 0.4) is 0 Å². The maximum Gasteiger partial charge on any atom is 0.165 e. The summed E-state index contributed by atoms with van der Waals surface area (Å²) < 4.78 is 1.96. The molecular weight excluding hydrogens is 372 g/mol. The summed E-state index contributed by atoms with van der Waals surface area (Å²) in [5, 5.41) is 14.8. The number of hydrogen-bond donors (Lipinski definition) is 1. The second-order valence-electron chi connectivity index (χ2n) is 10.8. The topological polar surface area (TPSA) is 55.1 Å². The summed E-state index contributed by atoms with van der Waals surface area (Å²) >= 11 is 0. The van der Waals surface area contributed by atoms with Crippen LogP contribution in [0, 0.1) is 35.5 Å². The highest BCUT2D eigenvalue weighted by Gasteiger charge is 2.59. The van der Waals surface area contributed by atoms with E-state index in [1.54, 1.807) is 0 Å². The van der Waals surface area contributed by atoms with Crippen LogP contribution in [0.1, 0.15) is 77.0 Å². The molecule has 162 valence electrons. The molecule has 1 heterocycles. The van der Waals surface area contributed by atoms with Gasteiger partial charge in [0.2, 0.25) is 0 Å². The van der Waals surface area contributed by atoms with Gasteiger partial charge in [0.25, 0.3) is 0 Å². The minimum absolute atomic E-state index is 0.162. The van der Waals surface area contributed by atoms with Gasteiger partial charge in [0.1, 0.15) is 0 Å². The molecule has 6 atom stereocenters. The van der Waals surface area contributed by atoms with Gasteiger partial charge in [-0.15, -0.1) is 0 Å². The summed E-state index contributed by atoms with van der Waals surface area (Å²) in [6.45, 7) is 9.67. The number of hydrogen-bond acceptors (Lipinski definition) is 3. The third kappa shape index (κ3) is 2.82. The summed E-state index contributed by atoms with van der Waals surface area (Å²) in [6, 6.07) is 0. The van der Waals surface area contributed by atoms with Gasteiger partial charge >= 0.3 is 0 Å². The standard InChI is InChI=1S/C26H36N2O2/c1-5-28-15-18(16(2)27-28)12-17-13-23-21-7-6-19-14-20(29)8-10-25(19,3)22(21)9-11-26(23,4)24(17)30/h6,12,15,20-23,29H,5,7-11,13-14H2,1-4H3/b17-12-/t20-,21+,22-,23-,25-,26-/m0/s1. The van der Waals surface area contributed by atoms with Crippen LogP contribution in [-0.2, 0) is 11.3 Å². The molecule has 0 bridgehead atoms. The van der Waals surface area contributed by atoms with Crippen LogP contribution in [0.15, 0.2) is 23.4 Å². The molecule has 1 N–H and O–H groups in total. The van der Waals surface area contributed by atoms with Crippen molar-refractivity contribution in [1.82, 2.24) is 9.78 Å². The zero-order chi connectivity index (χ0) is 21.3. The van der Waals surface area contributed by atoms with Gasteiger partial charge in [-0.2, -0.15) is 5.10 Å². The van der Waals surface area contributed by atoms with Gasteiger partial charge in [-0.25, -0.2) is 0 Å². The predicted octanol–water partition coefficient (Wildman–Crippen LogP) is 5.10. The quantitative estimate of drug-likeness (QED) is 0.547. The minimum Gasteiger partial charge on any atom is -0.393 e. The first-order valence-corrected chi connectivity index (χ1v) is 11.9. The molecule has 4 aliphatic rings. The van der Waals surface area contributed by atoms with Crippen LogP contribution < -0.4 is 0 Å². The molecular formula is C26H36N2O2. The summed E-state index contributed by atoms with van der Waals surface area (Å²) in [5.41, 5.74) is 4.62. The highest BCUT2D eigenvalue weighted by atomic mass is 16.3. The maximum absolute atomic E-state index is 13.6. The smallest absolute Gasteiger partial charge is 0.165 e. The molecule has 0 saturated heterocycles. The number of allylic oxidation sites excluding steroid dienone is 2. The fourth-order valence-corrected chi connectivity index (χ4v) is 7.47. The van der Waals surface area contributed by atoms with Gasteiger partial charge in [0.15, 0.2) is 5.78 Å². The molecule has 1 aromatic rings. The van der Waals surface area contributed by atoms with Crippen molar-refractivity contribution in [2.24, 2.45) is 28.6 Å². The predicted molar refractivity (Wildman–Crippen MR) is 119 cm³/mol. The van der Waals surface area contributed by atoms with Gasteiger partial charge < -0.3 is 5.11 Å². The number of nitrogens with zero attached hydrogens (tertiary/aromatic N) is 2. The van der Waals surface area contributed by atoms with E-state index in [1.807, 2.05) is 11.6 Å². The fourth-order valence-electron chi connectivity index (χ4n) is 7.47. The van der Waals surface area contributed by atoms with Crippen LogP contribution >= 0.6 is 0 Å². The number of aromatic nitrogens is 2. The molecule has 0 spiro atoms. The number of carbonyl (C=O) groups excluding carboxylic acids is 1. The average molecular weight is 409 g/mol. The lowest BCUT2D eigenvalue weighted by Crippen LogP contribution is -2.50. The lowest BCUT2D eigenvalue weighted by molar-refractivity contribution is -0.130. The molecule has 4 nitrogen and oxygen atoms in total. The van der Waals surface area contributed by atoms with Crippen molar-refractivity contribution < 1.29 is 9.90 Å². The number of aryl methyl sites for hydroxylation is 2. The van der Waals surface area contributed by atoms with Crippen molar-refractivity contribution >= 4 is 11.9 Å². The Kier molecular flexibility index (Phi) is 4.66. The first kappa shape index (κ1) is 20.2. The number of ketones is 1. The van der Waals surface area contributed by atoms with Gasteiger partial charge in [-0.1, -0.05) is 25.5 Å².